The molecular formula is C15H30N2O2S. The highest BCUT2D eigenvalue weighted by Gasteiger charge is 2.41. The summed E-state index contributed by atoms with van der Waals surface area (Å²) in [6.07, 6.45) is 4.57. The molecule has 2 rings (SSSR count). The average molecular weight is 302 g/mol. The number of ether oxygens (including phenoxy) is 2. The van der Waals surface area contributed by atoms with Gasteiger partial charge in [0.1, 0.15) is 0 Å². The molecule has 0 aromatic heterocycles. The highest BCUT2D eigenvalue weighted by Crippen LogP contribution is 2.40. The molecule has 0 aromatic carbocycles. The summed E-state index contributed by atoms with van der Waals surface area (Å²) in [5, 5.41) is 0. The molecule has 4 nitrogen and oxygen atoms in total. The molecule has 0 aliphatic carbocycles. The molecule has 2 atom stereocenters. The summed E-state index contributed by atoms with van der Waals surface area (Å²) in [6, 6.07) is 0.226. The van der Waals surface area contributed by atoms with E-state index in [1.807, 2.05) is 11.8 Å². The predicted molar refractivity (Wildman–Crippen MR) is 84.8 cm³/mol. The van der Waals surface area contributed by atoms with Crippen molar-refractivity contribution in [2.75, 3.05) is 24.7 Å². The second kappa shape index (κ2) is 6.97. The Balaban J connectivity index is 1.92. The molecule has 20 heavy (non-hydrogen) atoms. The number of rotatable bonds is 4. The molecule has 2 aliphatic heterocycles. The van der Waals surface area contributed by atoms with Crippen molar-refractivity contribution < 1.29 is 9.47 Å². The van der Waals surface area contributed by atoms with Crippen molar-refractivity contribution in [1.82, 2.24) is 5.43 Å². The lowest BCUT2D eigenvalue weighted by Gasteiger charge is -2.45. The van der Waals surface area contributed by atoms with Gasteiger partial charge in [-0.2, -0.15) is 11.8 Å². The third-order valence-corrected chi connectivity index (χ3v) is 5.40. The summed E-state index contributed by atoms with van der Waals surface area (Å²) in [7, 11) is 0. The quantitative estimate of drug-likeness (QED) is 0.616. The van der Waals surface area contributed by atoms with Crippen LogP contribution in [0.3, 0.4) is 0 Å². The Kier molecular flexibility index (Phi) is 5.77. The molecule has 2 heterocycles. The molecule has 2 saturated heterocycles. The summed E-state index contributed by atoms with van der Waals surface area (Å²) in [6.45, 7) is 7.80. The van der Waals surface area contributed by atoms with Crippen molar-refractivity contribution in [3.8, 4) is 0 Å². The second-order valence-corrected chi connectivity index (χ2v) is 8.32. The molecule has 0 radical (unpaired) electrons. The van der Waals surface area contributed by atoms with E-state index in [9.17, 15) is 0 Å². The first-order valence-corrected chi connectivity index (χ1v) is 8.91. The smallest absolute Gasteiger partial charge is 0.0701 e. The highest BCUT2D eigenvalue weighted by molar-refractivity contribution is 7.99. The molecule has 0 saturated carbocycles. The lowest BCUT2D eigenvalue weighted by molar-refractivity contribution is -0.115. The van der Waals surface area contributed by atoms with Crippen LogP contribution in [0.15, 0.2) is 0 Å². The van der Waals surface area contributed by atoms with Gasteiger partial charge in [0, 0.05) is 12.6 Å². The van der Waals surface area contributed by atoms with Crippen LogP contribution in [-0.2, 0) is 9.47 Å². The average Bonchev–Trinajstić information content (AvgIpc) is 2.39. The van der Waals surface area contributed by atoms with Crippen LogP contribution < -0.4 is 11.3 Å². The Hall–Kier alpha value is 0.190. The summed E-state index contributed by atoms with van der Waals surface area (Å²) in [4.78, 5) is 0. The van der Waals surface area contributed by atoms with Crippen LogP contribution in [0.2, 0.25) is 0 Å². The van der Waals surface area contributed by atoms with Gasteiger partial charge < -0.3 is 9.47 Å². The number of nitrogens with one attached hydrogen (secondary N) is 1. The van der Waals surface area contributed by atoms with Crippen molar-refractivity contribution >= 4 is 11.8 Å². The molecule has 5 heteroatoms. The zero-order valence-corrected chi connectivity index (χ0v) is 13.9. The Morgan fingerprint density at radius 2 is 2.10 bits per heavy atom. The Morgan fingerprint density at radius 1 is 1.40 bits per heavy atom. The first-order valence-electron chi connectivity index (χ1n) is 7.76. The van der Waals surface area contributed by atoms with E-state index in [0.29, 0.717) is 12.5 Å². The molecule has 2 aliphatic rings. The van der Waals surface area contributed by atoms with Gasteiger partial charge in [-0.15, -0.1) is 0 Å². The van der Waals surface area contributed by atoms with Crippen LogP contribution in [0.25, 0.3) is 0 Å². The third-order valence-electron chi connectivity index (χ3n) is 4.41. The largest absolute Gasteiger partial charge is 0.375 e. The number of hydrogen-bond acceptors (Lipinski definition) is 5. The summed E-state index contributed by atoms with van der Waals surface area (Å²) in [5.41, 5.74) is 2.98. The lowest BCUT2D eigenvalue weighted by atomic mass is 9.79. The fourth-order valence-corrected chi connectivity index (χ4v) is 4.40. The van der Waals surface area contributed by atoms with Gasteiger partial charge in [0.05, 0.1) is 17.8 Å². The molecule has 1 spiro atoms. The van der Waals surface area contributed by atoms with Crippen molar-refractivity contribution in [2.24, 2.45) is 11.8 Å². The van der Waals surface area contributed by atoms with E-state index in [1.165, 1.54) is 24.3 Å². The van der Waals surface area contributed by atoms with Crippen molar-refractivity contribution in [3.05, 3.63) is 0 Å². The second-order valence-electron chi connectivity index (χ2n) is 7.09. The SMILES string of the molecule is CC(C)(C)OCC(NN)C1CCOC2(CCSCC2)C1. The van der Waals surface area contributed by atoms with Gasteiger partial charge in [-0.05, 0) is 63.9 Å². The van der Waals surface area contributed by atoms with Crippen molar-refractivity contribution in [1.29, 1.82) is 0 Å². The summed E-state index contributed by atoms with van der Waals surface area (Å²) >= 11 is 2.05. The maximum absolute atomic E-state index is 6.15. The van der Waals surface area contributed by atoms with Crippen LogP contribution in [0.5, 0.6) is 0 Å². The highest BCUT2D eigenvalue weighted by atomic mass is 32.2. The zero-order chi connectivity index (χ0) is 14.6. The maximum Gasteiger partial charge on any atom is 0.0701 e. The van der Waals surface area contributed by atoms with Crippen molar-refractivity contribution in [3.63, 3.8) is 0 Å². The van der Waals surface area contributed by atoms with E-state index in [4.69, 9.17) is 15.3 Å². The molecule has 2 fully saturated rings. The third kappa shape index (κ3) is 4.60. The van der Waals surface area contributed by atoms with Gasteiger partial charge in [0.15, 0.2) is 0 Å². The molecule has 0 aromatic rings. The lowest BCUT2D eigenvalue weighted by Crippen LogP contribution is -2.52. The van der Waals surface area contributed by atoms with E-state index >= 15 is 0 Å². The van der Waals surface area contributed by atoms with E-state index in [1.54, 1.807) is 0 Å². The van der Waals surface area contributed by atoms with Gasteiger partial charge >= 0.3 is 0 Å². The van der Waals surface area contributed by atoms with Gasteiger partial charge in [0.2, 0.25) is 0 Å². The Bertz CT molecular complexity index is 295. The first kappa shape index (κ1) is 16.6. The van der Waals surface area contributed by atoms with Gasteiger partial charge in [-0.3, -0.25) is 11.3 Å². The molecule has 3 N–H and O–H groups in total. The van der Waals surface area contributed by atoms with E-state index < -0.39 is 0 Å². The molecule has 0 bridgehead atoms. The summed E-state index contributed by atoms with van der Waals surface area (Å²) < 4.78 is 12.1. The van der Waals surface area contributed by atoms with Gasteiger partial charge in [-0.1, -0.05) is 0 Å². The van der Waals surface area contributed by atoms with Crippen LogP contribution >= 0.6 is 11.8 Å². The van der Waals surface area contributed by atoms with Crippen LogP contribution in [0.1, 0.15) is 46.5 Å². The van der Waals surface area contributed by atoms with Crippen LogP contribution in [0, 0.1) is 5.92 Å². The number of hydrogen-bond donors (Lipinski definition) is 2. The fraction of sp³-hybridized carbons (Fsp3) is 1.00. The van der Waals surface area contributed by atoms with E-state index in [-0.39, 0.29) is 17.2 Å². The predicted octanol–water partition coefficient (Wildman–Crippen LogP) is 2.33. The Labute approximate surface area is 127 Å². The maximum atomic E-state index is 6.15. The molecular weight excluding hydrogens is 272 g/mol. The number of nitrogens with two attached hydrogens (primary N) is 1. The van der Waals surface area contributed by atoms with Gasteiger partial charge in [0.25, 0.3) is 0 Å². The zero-order valence-electron chi connectivity index (χ0n) is 13.1. The fourth-order valence-electron chi connectivity index (χ4n) is 3.16. The monoisotopic (exact) mass is 302 g/mol. The number of hydrazine groups is 1. The summed E-state index contributed by atoms with van der Waals surface area (Å²) in [5.74, 6) is 8.79. The van der Waals surface area contributed by atoms with Crippen molar-refractivity contribution in [2.45, 2.75) is 63.7 Å². The topological polar surface area (TPSA) is 56.5 Å². The van der Waals surface area contributed by atoms with E-state index in [0.717, 1.165) is 19.4 Å². The normalized spacial score (nSPS) is 28.5. The molecule has 0 amide bonds. The van der Waals surface area contributed by atoms with Crippen LogP contribution in [0.4, 0.5) is 0 Å². The Morgan fingerprint density at radius 3 is 2.70 bits per heavy atom. The minimum absolute atomic E-state index is 0.112. The standard InChI is InChI=1S/C15H30N2O2S/c1-14(2,3)19-11-13(17-16)12-4-7-18-15(10-12)5-8-20-9-6-15/h12-13,17H,4-11,16H2,1-3H3. The van der Waals surface area contributed by atoms with Gasteiger partial charge in [-0.25, -0.2) is 0 Å². The minimum Gasteiger partial charge on any atom is -0.375 e. The molecule has 2 unspecified atom stereocenters. The van der Waals surface area contributed by atoms with Crippen LogP contribution in [-0.4, -0.2) is 42.0 Å². The minimum atomic E-state index is -0.112. The van der Waals surface area contributed by atoms with E-state index in [2.05, 4.69) is 26.2 Å². The molecule has 118 valence electrons. The first-order chi connectivity index (χ1) is 9.44. The number of thioether (sulfide) groups is 1.